The molecule has 1 aliphatic heterocycles. The highest BCUT2D eigenvalue weighted by Gasteiger charge is 2.31. The zero-order valence-electron chi connectivity index (χ0n) is 18.0. The number of nitrogens with one attached hydrogen (secondary N) is 1. The number of aldehydes is 1. The van der Waals surface area contributed by atoms with E-state index in [9.17, 15) is 18.0 Å². The first-order valence-electron chi connectivity index (χ1n) is 11.0. The molecule has 0 amide bonds. The van der Waals surface area contributed by atoms with Gasteiger partial charge in [-0.3, -0.25) is 0 Å². The van der Waals surface area contributed by atoms with E-state index in [-0.39, 0.29) is 17.3 Å². The molecular weight excluding hydrogens is 450 g/mol. The average molecular weight is 471 g/mol. The zero-order valence-corrected chi connectivity index (χ0v) is 18.0. The summed E-state index contributed by atoms with van der Waals surface area (Å²) in [4.78, 5) is 29.0. The molecule has 1 N–H and O–H groups in total. The van der Waals surface area contributed by atoms with Crippen LogP contribution in [0.2, 0.25) is 0 Å². The summed E-state index contributed by atoms with van der Waals surface area (Å²) < 4.78 is 53.9. The molecule has 1 fully saturated rings. The smallest absolute Gasteiger partial charge is 0.341 e. The Kier molecular flexibility index (Phi) is 5.66. The molecule has 10 heteroatoms. The summed E-state index contributed by atoms with van der Waals surface area (Å²) in [5, 5.41) is 0. The quantitative estimate of drug-likeness (QED) is 0.418. The molecule has 0 saturated carbocycles. The highest BCUT2D eigenvalue weighted by atomic mass is 19.4. The van der Waals surface area contributed by atoms with E-state index in [0.717, 1.165) is 37.8 Å². The Balaban J connectivity index is 1.32. The summed E-state index contributed by atoms with van der Waals surface area (Å²) in [7, 11) is 0. The number of allylic oxidation sites excluding steroid dienone is 4. The molecule has 34 heavy (non-hydrogen) atoms. The number of piperidine rings is 1. The highest BCUT2D eigenvalue weighted by Crippen LogP contribution is 2.37. The van der Waals surface area contributed by atoms with Crippen LogP contribution in [0.4, 0.5) is 23.5 Å². The first-order chi connectivity index (χ1) is 16.3. The number of H-pyrrole nitrogens is 1. The normalized spacial score (nSPS) is 21.4. The molecule has 2 aromatic heterocycles. The number of anilines is 1. The van der Waals surface area contributed by atoms with Crippen molar-refractivity contribution in [3.05, 3.63) is 65.5 Å². The van der Waals surface area contributed by atoms with E-state index < -0.39 is 23.5 Å². The van der Waals surface area contributed by atoms with Gasteiger partial charge in [-0.2, -0.15) is 13.2 Å². The summed E-state index contributed by atoms with van der Waals surface area (Å²) in [5.41, 5.74) is 1.06. The maximum atomic E-state index is 15.0. The predicted molar refractivity (Wildman–Crippen MR) is 119 cm³/mol. The Morgan fingerprint density at radius 2 is 1.97 bits per heavy atom. The van der Waals surface area contributed by atoms with Crippen molar-refractivity contribution in [2.75, 3.05) is 18.0 Å². The van der Waals surface area contributed by atoms with E-state index in [1.165, 1.54) is 12.1 Å². The number of imidazole rings is 1. The second kappa shape index (κ2) is 8.66. The standard InChI is InChI=1S/C24H21F4N5O/c25-19-8-15(16-10-29-23(30-11-16)33-7-1-2-14(12-33)13-34)3-5-18(19)22-31-20-6-4-17(24(26,27)28)9-21(20)32-22/h3-4,6,8-11,13-14,18H,1-2,5,7,12H2,(H,31,32). The molecule has 0 spiro atoms. The van der Waals surface area contributed by atoms with Gasteiger partial charge in [-0.15, -0.1) is 0 Å². The Bertz CT molecular complexity index is 1280. The van der Waals surface area contributed by atoms with Crippen molar-refractivity contribution in [1.82, 2.24) is 19.9 Å². The highest BCUT2D eigenvalue weighted by molar-refractivity contribution is 5.78. The first kappa shape index (κ1) is 22.2. The minimum atomic E-state index is -4.46. The number of carbonyl (C=O) groups is 1. The topological polar surface area (TPSA) is 74.8 Å². The summed E-state index contributed by atoms with van der Waals surface area (Å²) in [6.45, 7) is 1.37. The molecular formula is C24H21F4N5O. The van der Waals surface area contributed by atoms with Crippen LogP contribution in [0.5, 0.6) is 0 Å². The summed E-state index contributed by atoms with van der Waals surface area (Å²) >= 11 is 0. The van der Waals surface area contributed by atoms with Crippen LogP contribution in [0.3, 0.4) is 0 Å². The van der Waals surface area contributed by atoms with Crippen molar-refractivity contribution < 1.29 is 22.4 Å². The number of aromatic amines is 1. The SMILES string of the molecule is O=CC1CCCN(c2ncc(C3=CCC(c4nc5ccc(C(F)(F)F)cc5[nH]4)C(F)=C3)cn2)C1. The van der Waals surface area contributed by atoms with Gasteiger partial charge in [0.25, 0.3) is 0 Å². The lowest BCUT2D eigenvalue weighted by molar-refractivity contribution is -0.137. The fourth-order valence-corrected chi connectivity index (χ4v) is 4.42. The lowest BCUT2D eigenvalue weighted by atomic mass is 9.92. The second-order valence-electron chi connectivity index (χ2n) is 8.58. The third-order valence-electron chi connectivity index (χ3n) is 6.26. The van der Waals surface area contributed by atoms with Crippen molar-refractivity contribution in [1.29, 1.82) is 0 Å². The number of benzene rings is 1. The largest absolute Gasteiger partial charge is 0.416 e. The summed E-state index contributed by atoms with van der Waals surface area (Å²) in [6.07, 6.45) is 5.03. The van der Waals surface area contributed by atoms with Crippen molar-refractivity contribution in [2.24, 2.45) is 5.92 Å². The van der Waals surface area contributed by atoms with Gasteiger partial charge in [0, 0.05) is 37.0 Å². The van der Waals surface area contributed by atoms with E-state index >= 15 is 4.39 Å². The van der Waals surface area contributed by atoms with Gasteiger partial charge in [-0.1, -0.05) is 6.08 Å². The maximum Gasteiger partial charge on any atom is 0.416 e. The van der Waals surface area contributed by atoms with Crippen LogP contribution in [-0.4, -0.2) is 39.3 Å². The minimum Gasteiger partial charge on any atom is -0.341 e. The Morgan fingerprint density at radius 3 is 2.68 bits per heavy atom. The number of rotatable bonds is 4. The lowest BCUT2D eigenvalue weighted by Gasteiger charge is -2.30. The van der Waals surface area contributed by atoms with Crippen molar-refractivity contribution in [3.8, 4) is 0 Å². The van der Waals surface area contributed by atoms with E-state index in [0.29, 0.717) is 35.6 Å². The zero-order chi connectivity index (χ0) is 23.9. The number of nitrogens with zero attached hydrogens (tertiary/aromatic N) is 4. The van der Waals surface area contributed by atoms with E-state index in [2.05, 4.69) is 19.9 Å². The van der Waals surface area contributed by atoms with E-state index in [1.54, 1.807) is 12.4 Å². The molecule has 1 saturated heterocycles. The van der Waals surface area contributed by atoms with E-state index in [1.807, 2.05) is 11.0 Å². The average Bonchev–Trinajstić information content (AvgIpc) is 3.27. The van der Waals surface area contributed by atoms with Crippen LogP contribution >= 0.6 is 0 Å². The molecule has 1 aliphatic carbocycles. The van der Waals surface area contributed by atoms with Gasteiger partial charge in [0.15, 0.2) is 0 Å². The van der Waals surface area contributed by atoms with Crippen LogP contribution in [0.25, 0.3) is 16.6 Å². The molecule has 2 unspecified atom stereocenters. The minimum absolute atomic E-state index is 0.0228. The molecule has 5 rings (SSSR count). The molecule has 3 aromatic rings. The molecule has 2 atom stereocenters. The molecule has 0 radical (unpaired) electrons. The number of fused-ring (bicyclic) bond motifs is 1. The second-order valence-corrected chi connectivity index (χ2v) is 8.58. The third-order valence-corrected chi connectivity index (χ3v) is 6.26. The fourth-order valence-electron chi connectivity index (χ4n) is 4.42. The predicted octanol–water partition coefficient (Wildman–Crippen LogP) is 5.21. The van der Waals surface area contributed by atoms with Crippen LogP contribution in [0.15, 0.2) is 48.6 Å². The molecule has 0 bridgehead atoms. The monoisotopic (exact) mass is 471 g/mol. The van der Waals surface area contributed by atoms with Crippen molar-refractivity contribution in [2.45, 2.75) is 31.4 Å². The van der Waals surface area contributed by atoms with Gasteiger partial charge in [-0.25, -0.2) is 19.3 Å². The Hall–Kier alpha value is -3.56. The molecule has 2 aliphatic rings. The van der Waals surface area contributed by atoms with Gasteiger partial charge < -0.3 is 14.7 Å². The number of hydrogen-bond acceptors (Lipinski definition) is 5. The van der Waals surface area contributed by atoms with Crippen LogP contribution in [0, 0.1) is 5.92 Å². The van der Waals surface area contributed by atoms with Gasteiger partial charge >= 0.3 is 6.18 Å². The number of carbonyl (C=O) groups excluding carboxylic acids is 1. The number of hydrogen-bond donors (Lipinski definition) is 1. The molecule has 1 aromatic carbocycles. The molecule has 3 heterocycles. The maximum absolute atomic E-state index is 15.0. The Morgan fingerprint density at radius 1 is 1.18 bits per heavy atom. The first-order valence-corrected chi connectivity index (χ1v) is 11.0. The van der Waals surface area contributed by atoms with Crippen LogP contribution < -0.4 is 4.90 Å². The van der Waals surface area contributed by atoms with Gasteiger partial charge in [0.2, 0.25) is 5.95 Å². The Labute approximate surface area is 192 Å². The molecule has 6 nitrogen and oxygen atoms in total. The van der Waals surface area contributed by atoms with Gasteiger partial charge in [-0.05, 0) is 49.1 Å². The van der Waals surface area contributed by atoms with Gasteiger partial charge in [0.05, 0.1) is 22.5 Å². The fraction of sp³-hybridized carbons (Fsp3) is 0.333. The molecule has 176 valence electrons. The van der Waals surface area contributed by atoms with Crippen molar-refractivity contribution in [3.63, 3.8) is 0 Å². The third kappa shape index (κ3) is 4.32. The van der Waals surface area contributed by atoms with Crippen LogP contribution in [-0.2, 0) is 11.0 Å². The lowest BCUT2D eigenvalue weighted by Crippen LogP contribution is -2.37. The van der Waals surface area contributed by atoms with Crippen molar-refractivity contribution >= 4 is 28.8 Å². The number of alkyl halides is 3. The van der Waals surface area contributed by atoms with E-state index in [4.69, 9.17) is 0 Å². The van der Waals surface area contributed by atoms with Crippen LogP contribution in [0.1, 0.15) is 42.1 Å². The number of halogens is 4. The summed E-state index contributed by atoms with van der Waals surface area (Å²) in [6, 6.07) is 3.23. The summed E-state index contributed by atoms with van der Waals surface area (Å²) in [5.74, 6) is -0.361. The number of aromatic nitrogens is 4. The van der Waals surface area contributed by atoms with Gasteiger partial charge in [0.1, 0.15) is 17.9 Å².